The molecule has 0 bridgehead atoms. The zero-order chi connectivity index (χ0) is 15.2. The lowest BCUT2D eigenvalue weighted by Crippen LogP contribution is -2.14. The van der Waals surface area contributed by atoms with E-state index in [1.54, 1.807) is 36.5 Å². The average Bonchev–Trinajstić information content (AvgIpc) is 2.49. The molecule has 1 heterocycles. The fraction of sp³-hybridized carbons (Fsp3) is 0.125. The number of hydrogen-bond acceptors (Lipinski definition) is 3. The number of hydrogen-bond donors (Lipinski definition) is 2. The monoisotopic (exact) mass is 301 g/mol. The minimum atomic E-state index is -0.268. The largest absolute Gasteiger partial charge is 0.380 e. The number of aryl methyl sites for hydroxylation is 1. The number of benzene rings is 1. The first-order valence-corrected chi connectivity index (χ1v) is 6.86. The van der Waals surface area contributed by atoms with Crippen LogP contribution in [0.4, 0.5) is 11.4 Å². The predicted molar refractivity (Wildman–Crippen MR) is 87.1 cm³/mol. The van der Waals surface area contributed by atoms with Gasteiger partial charge in [-0.1, -0.05) is 23.7 Å². The molecule has 4 nitrogen and oxygen atoms in total. The summed E-state index contributed by atoms with van der Waals surface area (Å²) in [4.78, 5) is 16.3. The van der Waals surface area contributed by atoms with Crippen LogP contribution >= 0.6 is 11.6 Å². The zero-order valence-electron chi connectivity index (χ0n) is 11.7. The van der Waals surface area contributed by atoms with Gasteiger partial charge in [0.2, 0.25) is 0 Å². The van der Waals surface area contributed by atoms with E-state index in [-0.39, 0.29) is 5.91 Å². The second-order valence-corrected chi connectivity index (χ2v) is 4.95. The number of anilines is 2. The van der Waals surface area contributed by atoms with Crippen LogP contribution in [0.2, 0.25) is 5.02 Å². The number of pyridine rings is 1. The third-order valence-electron chi connectivity index (χ3n) is 2.89. The van der Waals surface area contributed by atoms with Crippen molar-refractivity contribution in [2.75, 3.05) is 17.2 Å². The molecule has 2 aromatic rings. The lowest BCUT2D eigenvalue weighted by molar-refractivity contribution is 0.102. The molecule has 1 aromatic heterocycles. The first-order valence-electron chi connectivity index (χ1n) is 6.48. The molecule has 5 heteroatoms. The molecule has 0 aliphatic rings. The molecule has 2 N–H and O–H groups in total. The number of aromatic nitrogens is 1. The van der Waals surface area contributed by atoms with Crippen molar-refractivity contribution in [3.05, 3.63) is 65.5 Å². The standard InChI is InChI=1S/C16H16ClN3O/c1-3-8-18-13-6-7-14(19-10-13)16(21)20-15-9-12(17)5-4-11(15)2/h3-7,9-10,18H,1,8H2,2H3,(H,20,21). The second kappa shape index (κ2) is 6.90. The molecular weight excluding hydrogens is 286 g/mol. The van der Waals surface area contributed by atoms with Gasteiger partial charge in [0, 0.05) is 17.3 Å². The van der Waals surface area contributed by atoms with Gasteiger partial charge >= 0.3 is 0 Å². The molecular formula is C16H16ClN3O. The van der Waals surface area contributed by atoms with Crippen LogP contribution in [0.5, 0.6) is 0 Å². The van der Waals surface area contributed by atoms with Crippen LogP contribution in [0.15, 0.2) is 49.2 Å². The normalized spacial score (nSPS) is 10.0. The molecule has 1 aromatic carbocycles. The summed E-state index contributed by atoms with van der Waals surface area (Å²) in [5.41, 5.74) is 2.81. The van der Waals surface area contributed by atoms with E-state index in [4.69, 9.17) is 11.6 Å². The van der Waals surface area contributed by atoms with Gasteiger partial charge in [-0.3, -0.25) is 4.79 Å². The molecule has 0 saturated heterocycles. The molecule has 0 radical (unpaired) electrons. The lowest BCUT2D eigenvalue weighted by Gasteiger charge is -2.09. The van der Waals surface area contributed by atoms with Gasteiger partial charge in [0.25, 0.3) is 5.91 Å². The third kappa shape index (κ3) is 4.07. The lowest BCUT2D eigenvalue weighted by atomic mass is 10.2. The molecule has 0 aliphatic carbocycles. The van der Waals surface area contributed by atoms with E-state index in [1.165, 1.54) is 0 Å². The maximum Gasteiger partial charge on any atom is 0.274 e. The molecule has 0 fully saturated rings. The van der Waals surface area contributed by atoms with Crippen molar-refractivity contribution in [1.29, 1.82) is 0 Å². The number of halogens is 1. The molecule has 0 unspecified atom stereocenters. The van der Waals surface area contributed by atoms with Gasteiger partial charge in [-0.05, 0) is 36.8 Å². The molecule has 0 atom stereocenters. The van der Waals surface area contributed by atoms with Crippen molar-refractivity contribution in [2.45, 2.75) is 6.92 Å². The molecule has 21 heavy (non-hydrogen) atoms. The summed E-state index contributed by atoms with van der Waals surface area (Å²) in [6.07, 6.45) is 3.37. The van der Waals surface area contributed by atoms with E-state index in [1.807, 2.05) is 13.0 Å². The van der Waals surface area contributed by atoms with Gasteiger partial charge in [0.15, 0.2) is 0 Å². The Balaban J connectivity index is 2.09. The van der Waals surface area contributed by atoms with Crippen LogP contribution in [0.25, 0.3) is 0 Å². The summed E-state index contributed by atoms with van der Waals surface area (Å²) in [7, 11) is 0. The first-order chi connectivity index (χ1) is 10.1. The fourth-order valence-corrected chi connectivity index (χ4v) is 1.91. The zero-order valence-corrected chi connectivity index (χ0v) is 12.4. The van der Waals surface area contributed by atoms with Crippen molar-refractivity contribution in [3.8, 4) is 0 Å². The van der Waals surface area contributed by atoms with Crippen molar-refractivity contribution >= 4 is 28.9 Å². The highest BCUT2D eigenvalue weighted by molar-refractivity contribution is 6.31. The smallest absolute Gasteiger partial charge is 0.274 e. The van der Waals surface area contributed by atoms with Crippen LogP contribution in [-0.2, 0) is 0 Å². The molecule has 108 valence electrons. The van der Waals surface area contributed by atoms with E-state index in [0.717, 1.165) is 11.3 Å². The molecule has 1 amide bonds. The SMILES string of the molecule is C=CCNc1ccc(C(=O)Nc2cc(Cl)ccc2C)nc1. The van der Waals surface area contributed by atoms with E-state index in [9.17, 15) is 4.79 Å². The summed E-state index contributed by atoms with van der Waals surface area (Å²) >= 11 is 5.93. The Morgan fingerprint density at radius 1 is 1.38 bits per heavy atom. The van der Waals surface area contributed by atoms with E-state index < -0.39 is 0 Å². The van der Waals surface area contributed by atoms with E-state index >= 15 is 0 Å². The Kier molecular flexibility index (Phi) is 4.95. The highest BCUT2D eigenvalue weighted by Crippen LogP contribution is 2.20. The fourth-order valence-electron chi connectivity index (χ4n) is 1.74. The molecule has 0 spiro atoms. The number of carbonyl (C=O) groups is 1. The summed E-state index contributed by atoms with van der Waals surface area (Å²) in [6.45, 7) is 6.18. The Labute approximate surface area is 128 Å². The van der Waals surface area contributed by atoms with Crippen LogP contribution in [0.3, 0.4) is 0 Å². The highest BCUT2D eigenvalue weighted by Gasteiger charge is 2.09. The van der Waals surface area contributed by atoms with Gasteiger partial charge in [0.1, 0.15) is 5.69 Å². The van der Waals surface area contributed by atoms with Crippen molar-refractivity contribution in [3.63, 3.8) is 0 Å². The van der Waals surface area contributed by atoms with Gasteiger partial charge in [-0.15, -0.1) is 6.58 Å². The Morgan fingerprint density at radius 3 is 2.86 bits per heavy atom. The number of amides is 1. The topological polar surface area (TPSA) is 54.0 Å². The van der Waals surface area contributed by atoms with Crippen LogP contribution in [0.1, 0.15) is 16.1 Å². The van der Waals surface area contributed by atoms with Crippen LogP contribution in [-0.4, -0.2) is 17.4 Å². The summed E-state index contributed by atoms with van der Waals surface area (Å²) in [5.74, 6) is -0.268. The number of carbonyl (C=O) groups excluding carboxylic acids is 1. The summed E-state index contributed by atoms with van der Waals surface area (Å²) < 4.78 is 0. The molecule has 0 aliphatic heterocycles. The minimum absolute atomic E-state index is 0.268. The third-order valence-corrected chi connectivity index (χ3v) is 3.13. The maximum atomic E-state index is 12.1. The predicted octanol–water partition coefficient (Wildman–Crippen LogP) is 3.89. The average molecular weight is 302 g/mol. The molecule has 2 rings (SSSR count). The Hall–Kier alpha value is -2.33. The number of rotatable bonds is 5. The number of nitrogens with one attached hydrogen (secondary N) is 2. The van der Waals surface area contributed by atoms with Crippen LogP contribution in [0, 0.1) is 6.92 Å². The minimum Gasteiger partial charge on any atom is -0.380 e. The summed E-state index contributed by atoms with van der Waals surface area (Å²) in [5, 5.41) is 6.48. The van der Waals surface area contributed by atoms with E-state index in [0.29, 0.717) is 22.9 Å². The Morgan fingerprint density at radius 2 is 2.19 bits per heavy atom. The quantitative estimate of drug-likeness (QED) is 0.824. The maximum absolute atomic E-state index is 12.1. The Bertz CT molecular complexity index is 653. The second-order valence-electron chi connectivity index (χ2n) is 4.52. The van der Waals surface area contributed by atoms with E-state index in [2.05, 4.69) is 22.2 Å². The van der Waals surface area contributed by atoms with Gasteiger partial charge < -0.3 is 10.6 Å². The van der Waals surface area contributed by atoms with Crippen LogP contribution < -0.4 is 10.6 Å². The number of nitrogens with zero attached hydrogens (tertiary/aromatic N) is 1. The van der Waals surface area contributed by atoms with Crippen molar-refractivity contribution < 1.29 is 4.79 Å². The van der Waals surface area contributed by atoms with Gasteiger partial charge in [-0.2, -0.15) is 0 Å². The van der Waals surface area contributed by atoms with Gasteiger partial charge in [-0.25, -0.2) is 4.98 Å². The van der Waals surface area contributed by atoms with Gasteiger partial charge in [0.05, 0.1) is 11.9 Å². The van der Waals surface area contributed by atoms with Crippen molar-refractivity contribution in [2.24, 2.45) is 0 Å². The first kappa shape index (κ1) is 15.1. The highest BCUT2D eigenvalue weighted by atomic mass is 35.5. The summed E-state index contributed by atoms with van der Waals surface area (Å²) in [6, 6.07) is 8.82. The van der Waals surface area contributed by atoms with Crippen molar-refractivity contribution in [1.82, 2.24) is 4.98 Å². The molecule has 0 saturated carbocycles.